The van der Waals surface area contributed by atoms with Crippen molar-refractivity contribution in [3.63, 3.8) is 0 Å². The van der Waals surface area contributed by atoms with Crippen molar-refractivity contribution in [2.45, 2.75) is 19.1 Å². The van der Waals surface area contributed by atoms with Gasteiger partial charge in [0.15, 0.2) is 6.10 Å². The Hall–Kier alpha value is -3.43. The van der Waals surface area contributed by atoms with Crippen LogP contribution in [0.25, 0.3) is 5.69 Å². The quantitative estimate of drug-likeness (QED) is 0.310. The Labute approximate surface area is 226 Å². The van der Waals surface area contributed by atoms with E-state index in [1.54, 1.807) is 37.3 Å². The number of benzene rings is 3. The van der Waals surface area contributed by atoms with Crippen molar-refractivity contribution in [1.29, 1.82) is 0 Å². The molecule has 2 aliphatic heterocycles. The lowest BCUT2D eigenvalue weighted by Gasteiger charge is -2.28. The highest BCUT2D eigenvalue weighted by Crippen LogP contribution is 2.50. The molecule has 0 spiro atoms. The van der Waals surface area contributed by atoms with Crippen molar-refractivity contribution in [3.8, 4) is 5.69 Å². The Morgan fingerprint density at radius 2 is 1.46 bits per heavy atom. The number of imide groups is 1. The molecule has 4 aromatic rings. The van der Waals surface area contributed by atoms with Crippen molar-refractivity contribution in [2.24, 2.45) is 5.92 Å². The van der Waals surface area contributed by atoms with Gasteiger partial charge in [0, 0.05) is 5.02 Å². The first-order valence-electron chi connectivity index (χ1n) is 11.5. The molecular weight excluding hydrogens is 533 g/mol. The van der Waals surface area contributed by atoms with Crippen LogP contribution in [-0.4, -0.2) is 22.5 Å². The summed E-state index contributed by atoms with van der Waals surface area (Å²) in [7, 11) is 0. The number of carbonyl (C=O) groups is 2. The van der Waals surface area contributed by atoms with E-state index in [2.05, 4.69) is 0 Å². The molecule has 3 atom stereocenters. The van der Waals surface area contributed by atoms with Crippen LogP contribution in [0.15, 0.2) is 83.7 Å². The predicted octanol–water partition coefficient (Wildman–Crippen LogP) is 5.57. The van der Waals surface area contributed by atoms with Gasteiger partial charge in [-0.2, -0.15) is 0 Å². The van der Waals surface area contributed by atoms with Crippen LogP contribution in [0.5, 0.6) is 0 Å². The summed E-state index contributed by atoms with van der Waals surface area (Å²) in [5, 5.41) is 2.15. The molecule has 2 amide bonds. The van der Waals surface area contributed by atoms with Gasteiger partial charge >= 0.3 is 4.87 Å². The van der Waals surface area contributed by atoms with Crippen molar-refractivity contribution in [2.75, 3.05) is 9.96 Å². The van der Waals surface area contributed by atoms with E-state index >= 15 is 0 Å². The van der Waals surface area contributed by atoms with E-state index in [0.29, 0.717) is 32.5 Å². The molecule has 0 N–H and O–H groups in total. The van der Waals surface area contributed by atoms with Crippen LogP contribution in [0, 0.1) is 12.8 Å². The van der Waals surface area contributed by atoms with Gasteiger partial charge in [-0.05, 0) is 48.9 Å². The lowest BCUT2D eigenvalue weighted by atomic mass is 9.95. The van der Waals surface area contributed by atoms with Gasteiger partial charge in [0.25, 0.3) is 5.91 Å². The van der Waals surface area contributed by atoms with E-state index in [1.165, 1.54) is 9.63 Å². The number of nitrogens with zero attached hydrogens (tertiary/aromatic N) is 3. The molecule has 0 radical (unpaired) electrons. The van der Waals surface area contributed by atoms with Crippen LogP contribution in [0.3, 0.4) is 0 Å². The van der Waals surface area contributed by atoms with Crippen LogP contribution in [0.4, 0.5) is 11.4 Å². The molecule has 37 heavy (non-hydrogen) atoms. The number of thiazole rings is 1. The second-order valence-corrected chi connectivity index (χ2v) is 10.5. The summed E-state index contributed by atoms with van der Waals surface area (Å²) < 4.78 is 1.40. The molecule has 186 valence electrons. The molecule has 2 aliphatic rings. The zero-order valence-corrected chi connectivity index (χ0v) is 21.7. The maximum absolute atomic E-state index is 13.9. The Kier molecular flexibility index (Phi) is 5.92. The Morgan fingerprint density at radius 1 is 0.811 bits per heavy atom. The molecule has 1 aromatic heterocycles. The van der Waals surface area contributed by atoms with E-state index in [-0.39, 0.29) is 10.0 Å². The summed E-state index contributed by atoms with van der Waals surface area (Å²) in [5.41, 5.74) is 2.26. The number of hydroxylamine groups is 1. The van der Waals surface area contributed by atoms with Gasteiger partial charge in [-0.1, -0.05) is 77.0 Å². The number of para-hydroxylation sites is 2. The lowest BCUT2D eigenvalue weighted by Crippen LogP contribution is -2.37. The van der Waals surface area contributed by atoms with Crippen molar-refractivity contribution in [3.05, 3.63) is 109 Å². The minimum Gasteiger partial charge on any atom is -0.273 e. The van der Waals surface area contributed by atoms with Crippen molar-refractivity contribution < 1.29 is 14.4 Å². The highest BCUT2D eigenvalue weighted by atomic mass is 35.5. The normalized spacial score (nSPS) is 21.1. The van der Waals surface area contributed by atoms with Gasteiger partial charge < -0.3 is 0 Å². The van der Waals surface area contributed by atoms with E-state index in [0.717, 1.165) is 16.2 Å². The van der Waals surface area contributed by atoms with Crippen LogP contribution in [-0.2, 0) is 14.4 Å². The second-order valence-electron chi connectivity index (χ2n) is 8.75. The Balaban J connectivity index is 1.50. The SMILES string of the molecule is Cc1c(Cl)cccc1N1C(=O)[C@H]2[C@H](ON(c3ccccc3)[C@@H]2c2sc(=O)n(-c3ccccc3)c2Cl)C1=O. The number of anilines is 2. The van der Waals surface area contributed by atoms with Crippen molar-refractivity contribution in [1.82, 2.24) is 4.57 Å². The largest absolute Gasteiger partial charge is 0.313 e. The number of aromatic nitrogens is 1. The average Bonchev–Trinajstić information content (AvgIpc) is 3.51. The molecular formula is C27H19Cl2N3O4S. The van der Waals surface area contributed by atoms with Crippen LogP contribution < -0.4 is 14.8 Å². The standard InChI is InChI=1S/C27H19Cl2N3O4S/c1-15-18(28)13-8-14-19(15)31-25(33)20-21(32(36-22(20)26(31)34)17-11-6-3-7-12-17)23-24(29)30(27(35)37-23)16-9-4-2-5-10-16/h2-14,20-22H,1H3/t20-,21+,22+/m1/s1. The van der Waals surface area contributed by atoms with Gasteiger partial charge in [-0.3, -0.25) is 23.8 Å². The maximum Gasteiger partial charge on any atom is 0.313 e. The van der Waals surface area contributed by atoms with E-state index in [4.69, 9.17) is 28.0 Å². The van der Waals surface area contributed by atoms with E-state index in [9.17, 15) is 14.4 Å². The number of rotatable bonds is 4. The van der Waals surface area contributed by atoms with Crippen LogP contribution >= 0.6 is 34.5 Å². The van der Waals surface area contributed by atoms with Gasteiger partial charge in [-0.15, -0.1) is 0 Å². The third-order valence-corrected chi connectivity index (χ3v) is 8.57. The number of halogens is 2. The number of fused-ring (bicyclic) bond motifs is 1. The van der Waals surface area contributed by atoms with Crippen LogP contribution in [0.2, 0.25) is 10.2 Å². The van der Waals surface area contributed by atoms with Gasteiger partial charge in [0.1, 0.15) is 17.1 Å². The Bertz CT molecular complexity index is 1590. The molecule has 3 heterocycles. The van der Waals surface area contributed by atoms with Gasteiger partial charge in [0.2, 0.25) is 5.91 Å². The summed E-state index contributed by atoms with van der Waals surface area (Å²) in [5.74, 6) is -1.85. The minimum absolute atomic E-state index is 0.175. The number of carbonyl (C=O) groups excluding carboxylic acids is 2. The maximum atomic E-state index is 13.9. The van der Waals surface area contributed by atoms with E-state index < -0.39 is 29.9 Å². The zero-order chi connectivity index (χ0) is 25.8. The number of hydrogen-bond acceptors (Lipinski definition) is 6. The average molecular weight is 552 g/mol. The second kappa shape index (κ2) is 9.15. The first kappa shape index (κ1) is 23.9. The molecule has 0 aliphatic carbocycles. The summed E-state index contributed by atoms with van der Waals surface area (Å²) in [6.45, 7) is 1.75. The zero-order valence-electron chi connectivity index (χ0n) is 19.4. The fourth-order valence-corrected chi connectivity index (χ4v) is 6.54. The fraction of sp³-hybridized carbons (Fsp3) is 0.148. The molecule has 0 bridgehead atoms. The summed E-state index contributed by atoms with van der Waals surface area (Å²) >= 11 is 14.1. The lowest BCUT2D eigenvalue weighted by molar-refractivity contribution is -0.126. The van der Waals surface area contributed by atoms with Crippen LogP contribution in [0.1, 0.15) is 16.5 Å². The minimum atomic E-state index is -1.09. The number of hydrogen-bond donors (Lipinski definition) is 0. The summed E-state index contributed by atoms with van der Waals surface area (Å²) in [6.07, 6.45) is -1.09. The fourth-order valence-electron chi connectivity index (χ4n) is 4.91. The van der Waals surface area contributed by atoms with Gasteiger partial charge in [-0.25, -0.2) is 9.96 Å². The Morgan fingerprint density at radius 3 is 2.14 bits per heavy atom. The molecule has 2 saturated heterocycles. The topological polar surface area (TPSA) is 71.8 Å². The predicted molar refractivity (Wildman–Crippen MR) is 144 cm³/mol. The summed E-state index contributed by atoms with van der Waals surface area (Å²) in [6, 6.07) is 22.4. The molecule has 7 nitrogen and oxygen atoms in total. The first-order valence-corrected chi connectivity index (χ1v) is 13.1. The molecule has 6 rings (SSSR count). The summed E-state index contributed by atoms with van der Waals surface area (Å²) in [4.78, 5) is 48.1. The third kappa shape index (κ3) is 3.71. The smallest absolute Gasteiger partial charge is 0.273 e. The number of amides is 2. The highest BCUT2D eigenvalue weighted by Gasteiger charge is 2.61. The molecule has 3 aromatic carbocycles. The molecule has 0 unspecified atom stereocenters. The highest BCUT2D eigenvalue weighted by molar-refractivity contribution is 7.10. The van der Waals surface area contributed by atoms with Gasteiger partial charge in [0.05, 0.1) is 21.9 Å². The molecule has 2 fully saturated rings. The van der Waals surface area contributed by atoms with Crippen molar-refractivity contribution >= 4 is 57.7 Å². The molecule has 0 saturated carbocycles. The molecule has 10 heteroatoms. The monoisotopic (exact) mass is 551 g/mol. The van der Waals surface area contributed by atoms with E-state index in [1.807, 2.05) is 48.5 Å². The third-order valence-electron chi connectivity index (χ3n) is 6.67. The first-order chi connectivity index (χ1) is 17.9.